The van der Waals surface area contributed by atoms with Crippen molar-refractivity contribution < 1.29 is 15.0 Å². The second kappa shape index (κ2) is 4.97. The van der Waals surface area contributed by atoms with E-state index in [1.54, 1.807) is 0 Å². The van der Waals surface area contributed by atoms with E-state index in [2.05, 4.69) is 0 Å². The summed E-state index contributed by atoms with van der Waals surface area (Å²) in [5, 5.41) is 20.0. The molecule has 2 aliphatic rings. The minimum Gasteiger partial charge on any atom is -0.481 e. The summed E-state index contributed by atoms with van der Waals surface area (Å²) in [5.74, 6) is -0.848. The van der Waals surface area contributed by atoms with Gasteiger partial charge in [0.05, 0.1) is 12.0 Å². The lowest BCUT2D eigenvalue weighted by atomic mass is 9.60. The van der Waals surface area contributed by atoms with Gasteiger partial charge in [-0.1, -0.05) is 38.5 Å². The molecule has 0 aromatic rings. The van der Waals surface area contributed by atoms with Crippen molar-refractivity contribution in [2.45, 2.75) is 76.2 Å². The molecule has 1 unspecified atom stereocenters. The zero-order chi connectivity index (χ0) is 12.4. The van der Waals surface area contributed by atoms with Crippen LogP contribution < -0.4 is 0 Å². The average molecular weight is 240 g/mol. The highest BCUT2D eigenvalue weighted by Crippen LogP contribution is 2.53. The summed E-state index contributed by atoms with van der Waals surface area (Å²) < 4.78 is 0. The molecule has 0 aliphatic heterocycles. The summed E-state index contributed by atoms with van der Waals surface area (Å²) in [5.41, 5.74) is -1.05. The number of carbonyl (C=O) groups is 1. The normalized spacial score (nSPS) is 33.2. The number of aliphatic hydroxyl groups is 1. The Hall–Kier alpha value is -0.570. The Morgan fingerprint density at radius 2 is 1.35 bits per heavy atom. The van der Waals surface area contributed by atoms with E-state index < -0.39 is 11.6 Å². The van der Waals surface area contributed by atoms with Gasteiger partial charge in [-0.15, -0.1) is 0 Å². The molecule has 0 radical (unpaired) electrons. The van der Waals surface area contributed by atoms with Crippen molar-refractivity contribution in [1.82, 2.24) is 0 Å². The fourth-order valence-corrected chi connectivity index (χ4v) is 4.03. The number of hydrogen-bond donors (Lipinski definition) is 2. The first-order chi connectivity index (χ1) is 8.08. The smallest absolute Gasteiger partial charge is 0.306 e. The van der Waals surface area contributed by atoms with E-state index in [4.69, 9.17) is 5.11 Å². The first-order valence-corrected chi connectivity index (χ1v) is 7.02. The molecule has 0 bridgehead atoms. The zero-order valence-electron chi connectivity index (χ0n) is 10.6. The van der Waals surface area contributed by atoms with Crippen LogP contribution in [0.25, 0.3) is 0 Å². The lowest BCUT2D eigenvalue weighted by Crippen LogP contribution is -2.50. The highest BCUT2D eigenvalue weighted by atomic mass is 16.4. The maximum Gasteiger partial charge on any atom is 0.306 e. The van der Waals surface area contributed by atoms with Crippen LogP contribution in [-0.2, 0) is 4.79 Å². The molecule has 2 fully saturated rings. The fraction of sp³-hybridized carbons (Fsp3) is 0.929. The quantitative estimate of drug-likeness (QED) is 0.779. The Bertz CT molecular complexity index is 281. The first-order valence-electron chi connectivity index (χ1n) is 7.02. The summed E-state index contributed by atoms with van der Waals surface area (Å²) in [6.45, 7) is 0. The molecule has 1 spiro atoms. The maximum absolute atomic E-state index is 11.1. The van der Waals surface area contributed by atoms with E-state index in [1.807, 2.05) is 0 Å². The molecule has 2 aliphatic carbocycles. The SMILES string of the molecule is O=C(O)CC1(O)CCCCCC12CCCCC2. The summed E-state index contributed by atoms with van der Waals surface area (Å²) in [7, 11) is 0. The minimum absolute atomic E-state index is 0.0625. The zero-order valence-corrected chi connectivity index (χ0v) is 10.6. The van der Waals surface area contributed by atoms with Crippen molar-refractivity contribution in [3.8, 4) is 0 Å². The van der Waals surface area contributed by atoms with Gasteiger partial charge in [0, 0.05) is 0 Å². The van der Waals surface area contributed by atoms with Gasteiger partial charge in [0.15, 0.2) is 0 Å². The summed E-state index contributed by atoms with van der Waals surface area (Å²) in [4.78, 5) is 11.1. The van der Waals surface area contributed by atoms with Gasteiger partial charge in [0.25, 0.3) is 0 Å². The fourth-order valence-electron chi connectivity index (χ4n) is 4.03. The van der Waals surface area contributed by atoms with Crippen molar-refractivity contribution >= 4 is 5.97 Å². The molecular weight excluding hydrogens is 216 g/mol. The van der Waals surface area contributed by atoms with Gasteiger partial charge >= 0.3 is 5.97 Å². The second-order valence-electron chi connectivity index (χ2n) is 6.00. The van der Waals surface area contributed by atoms with E-state index in [-0.39, 0.29) is 11.8 Å². The summed E-state index contributed by atoms with van der Waals surface area (Å²) in [6, 6.07) is 0. The molecule has 17 heavy (non-hydrogen) atoms. The molecule has 98 valence electrons. The third kappa shape index (κ3) is 2.49. The van der Waals surface area contributed by atoms with Crippen molar-refractivity contribution in [3.63, 3.8) is 0 Å². The highest BCUT2D eigenvalue weighted by molar-refractivity contribution is 5.68. The molecule has 3 heteroatoms. The van der Waals surface area contributed by atoms with E-state index in [0.717, 1.165) is 51.4 Å². The van der Waals surface area contributed by atoms with Gasteiger partial charge in [0.2, 0.25) is 0 Å². The Labute approximate surface area is 103 Å². The van der Waals surface area contributed by atoms with Crippen LogP contribution >= 0.6 is 0 Å². The number of carboxylic acid groups (broad SMARTS) is 1. The average Bonchev–Trinajstić information content (AvgIpc) is 2.41. The molecule has 0 saturated heterocycles. The van der Waals surface area contributed by atoms with Gasteiger partial charge in [0.1, 0.15) is 0 Å². The summed E-state index contributed by atoms with van der Waals surface area (Å²) >= 11 is 0. The van der Waals surface area contributed by atoms with Gasteiger partial charge in [-0.25, -0.2) is 0 Å². The third-order valence-corrected chi connectivity index (χ3v) is 4.99. The molecule has 0 aromatic carbocycles. The van der Waals surface area contributed by atoms with Crippen LogP contribution in [0, 0.1) is 5.41 Å². The molecule has 2 saturated carbocycles. The molecule has 2 rings (SSSR count). The van der Waals surface area contributed by atoms with Crippen molar-refractivity contribution in [1.29, 1.82) is 0 Å². The van der Waals surface area contributed by atoms with Gasteiger partial charge in [-0.05, 0) is 31.1 Å². The number of aliphatic carboxylic acids is 1. The lowest BCUT2D eigenvalue weighted by Gasteiger charge is -2.48. The number of rotatable bonds is 2. The number of carboxylic acids is 1. The Morgan fingerprint density at radius 1 is 0.882 bits per heavy atom. The van der Waals surface area contributed by atoms with E-state index in [0.29, 0.717) is 6.42 Å². The van der Waals surface area contributed by atoms with Crippen LogP contribution in [0.1, 0.15) is 70.6 Å². The minimum atomic E-state index is -0.949. The monoisotopic (exact) mass is 240 g/mol. The number of hydrogen-bond acceptors (Lipinski definition) is 2. The molecule has 0 amide bonds. The van der Waals surface area contributed by atoms with E-state index >= 15 is 0 Å². The van der Waals surface area contributed by atoms with E-state index in [1.165, 1.54) is 6.42 Å². The molecule has 0 heterocycles. The third-order valence-electron chi connectivity index (χ3n) is 4.99. The predicted octanol–water partition coefficient (Wildman–Crippen LogP) is 3.11. The topological polar surface area (TPSA) is 57.5 Å². The van der Waals surface area contributed by atoms with Gasteiger partial charge < -0.3 is 10.2 Å². The van der Waals surface area contributed by atoms with Crippen molar-refractivity contribution in [2.75, 3.05) is 0 Å². The predicted molar refractivity (Wildman–Crippen MR) is 65.8 cm³/mol. The van der Waals surface area contributed by atoms with Crippen LogP contribution in [0.5, 0.6) is 0 Å². The largest absolute Gasteiger partial charge is 0.481 e. The van der Waals surface area contributed by atoms with Crippen molar-refractivity contribution in [3.05, 3.63) is 0 Å². The van der Waals surface area contributed by atoms with E-state index in [9.17, 15) is 9.90 Å². The van der Waals surface area contributed by atoms with Crippen LogP contribution in [-0.4, -0.2) is 21.8 Å². The second-order valence-corrected chi connectivity index (χ2v) is 6.00. The highest BCUT2D eigenvalue weighted by Gasteiger charge is 2.51. The molecular formula is C14H24O3. The van der Waals surface area contributed by atoms with Gasteiger partial charge in [-0.3, -0.25) is 4.79 Å². The molecule has 2 N–H and O–H groups in total. The lowest BCUT2D eigenvalue weighted by molar-refractivity contribution is -0.157. The maximum atomic E-state index is 11.1. The Balaban J connectivity index is 2.24. The van der Waals surface area contributed by atoms with Crippen molar-refractivity contribution in [2.24, 2.45) is 5.41 Å². The first kappa shape index (κ1) is 12.9. The van der Waals surface area contributed by atoms with Crippen LogP contribution in [0.3, 0.4) is 0 Å². The Kier molecular flexibility index (Phi) is 3.76. The van der Waals surface area contributed by atoms with Crippen LogP contribution in [0.4, 0.5) is 0 Å². The Morgan fingerprint density at radius 3 is 1.82 bits per heavy atom. The molecule has 0 aromatic heterocycles. The summed E-state index contributed by atoms with van der Waals surface area (Å²) in [6.07, 6.45) is 10.5. The molecule has 1 atom stereocenters. The standard InChI is InChI=1S/C14H24O3/c15-12(16)11-14(17)10-6-2-5-9-13(14)7-3-1-4-8-13/h17H,1-11H2,(H,15,16). The van der Waals surface area contributed by atoms with Crippen LogP contribution in [0.2, 0.25) is 0 Å². The molecule has 3 nitrogen and oxygen atoms in total. The van der Waals surface area contributed by atoms with Gasteiger partial charge in [-0.2, -0.15) is 0 Å². The van der Waals surface area contributed by atoms with Crippen LogP contribution in [0.15, 0.2) is 0 Å².